The standard InChI is InChI=1S/C15H13BrClFO2/c1-19-14-7-11(8-16)6-13(17)15(14)20-9-10-2-4-12(18)5-3-10/h2-7H,8-9H2,1H3. The van der Waals surface area contributed by atoms with Crippen molar-refractivity contribution in [2.45, 2.75) is 11.9 Å². The number of halogens is 3. The number of ether oxygens (including phenoxy) is 2. The summed E-state index contributed by atoms with van der Waals surface area (Å²) in [7, 11) is 1.56. The monoisotopic (exact) mass is 358 g/mol. The van der Waals surface area contributed by atoms with Crippen LogP contribution in [0.25, 0.3) is 0 Å². The Morgan fingerprint density at radius 3 is 2.45 bits per heavy atom. The molecule has 0 N–H and O–H groups in total. The highest BCUT2D eigenvalue weighted by Gasteiger charge is 2.12. The number of alkyl halides is 1. The van der Waals surface area contributed by atoms with E-state index in [1.165, 1.54) is 12.1 Å². The fourth-order valence-electron chi connectivity index (χ4n) is 1.73. The second kappa shape index (κ2) is 6.95. The van der Waals surface area contributed by atoms with Crippen molar-refractivity contribution in [2.24, 2.45) is 0 Å². The SMILES string of the molecule is COc1cc(CBr)cc(Cl)c1OCc1ccc(F)cc1. The van der Waals surface area contributed by atoms with Gasteiger partial charge in [-0.25, -0.2) is 4.39 Å². The van der Waals surface area contributed by atoms with Gasteiger partial charge >= 0.3 is 0 Å². The fourth-order valence-corrected chi connectivity index (χ4v) is 2.34. The quantitative estimate of drug-likeness (QED) is 0.702. The van der Waals surface area contributed by atoms with Crippen molar-refractivity contribution < 1.29 is 13.9 Å². The van der Waals surface area contributed by atoms with E-state index < -0.39 is 0 Å². The van der Waals surface area contributed by atoms with Crippen molar-refractivity contribution in [1.29, 1.82) is 0 Å². The number of methoxy groups -OCH3 is 1. The molecule has 2 aromatic rings. The maximum atomic E-state index is 12.8. The summed E-state index contributed by atoms with van der Waals surface area (Å²) in [6.07, 6.45) is 0. The molecule has 0 spiro atoms. The van der Waals surface area contributed by atoms with Gasteiger partial charge in [0.25, 0.3) is 0 Å². The first kappa shape index (κ1) is 15.1. The van der Waals surface area contributed by atoms with Gasteiger partial charge in [0.15, 0.2) is 11.5 Å². The van der Waals surface area contributed by atoms with Gasteiger partial charge in [-0.2, -0.15) is 0 Å². The molecule has 0 aromatic heterocycles. The highest BCUT2D eigenvalue weighted by Crippen LogP contribution is 2.37. The molecule has 20 heavy (non-hydrogen) atoms. The topological polar surface area (TPSA) is 18.5 Å². The Hall–Kier alpha value is -1.26. The Morgan fingerprint density at radius 2 is 1.85 bits per heavy atom. The third-order valence-corrected chi connectivity index (χ3v) is 3.67. The summed E-state index contributed by atoms with van der Waals surface area (Å²) in [5, 5.41) is 1.17. The van der Waals surface area contributed by atoms with Gasteiger partial charge in [0, 0.05) is 5.33 Å². The Bertz CT molecular complexity index is 587. The minimum atomic E-state index is -0.272. The third kappa shape index (κ3) is 3.64. The van der Waals surface area contributed by atoms with Gasteiger partial charge in [-0.05, 0) is 35.4 Å². The van der Waals surface area contributed by atoms with Crippen LogP contribution in [0, 0.1) is 5.82 Å². The molecule has 0 fully saturated rings. The first-order valence-electron chi connectivity index (χ1n) is 5.93. The lowest BCUT2D eigenvalue weighted by molar-refractivity contribution is 0.284. The van der Waals surface area contributed by atoms with Gasteiger partial charge in [0.2, 0.25) is 0 Å². The zero-order valence-electron chi connectivity index (χ0n) is 10.8. The maximum absolute atomic E-state index is 12.8. The van der Waals surface area contributed by atoms with Gasteiger partial charge in [-0.3, -0.25) is 0 Å². The van der Waals surface area contributed by atoms with Gasteiger partial charge in [-0.15, -0.1) is 0 Å². The van der Waals surface area contributed by atoms with E-state index in [1.54, 1.807) is 19.2 Å². The van der Waals surface area contributed by atoms with Crippen molar-refractivity contribution in [3.8, 4) is 11.5 Å². The first-order valence-corrected chi connectivity index (χ1v) is 7.43. The van der Waals surface area contributed by atoms with Gasteiger partial charge < -0.3 is 9.47 Å². The molecular weight excluding hydrogens is 347 g/mol. The predicted molar refractivity (Wildman–Crippen MR) is 81.4 cm³/mol. The van der Waals surface area contributed by atoms with Crippen LogP contribution < -0.4 is 9.47 Å². The molecule has 2 nitrogen and oxygen atoms in total. The lowest BCUT2D eigenvalue weighted by atomic mass is 10.2. The molecule has 0 aliphatic heterocycles. The molecule has 0 saturated heterocycles. The van der Waals surface area contributed by atoms with Crippen molar-refractivity contribution in [1.82, 2.24) is 0 Å². The van der Waals surface area contributed by atoms with Crippen LogP contribution in [-0.4, -0.2) is 7.11 Å². The largest absolute Gasteiger partial charge is 0.493 e. The molecule has 0 bridgehead atoms. The van der Waals surface area contributed by atoms with E-state index in [2.05, 4.69) is 15.9 Å². The smallest absolute Gasteiger partial charge is 0.180 e. The Morgan fingerprint density at radius 1 is 1.15 bits per heavy atom. The molecule has 106 valence electrons. The molecule has 0 aliphatic rings. The Kier molecular flexibility index (Phi) is 5.26. The van der Waals surface area contributed by atoms with Crippen LogP contribution in [0.4, 0.5) is 4.39 Å². The van der Waals surface area contributed by atoms with Crippen LogP contribution in [0.5, 0.6) is 11.5 Å². The predicted octanol–water partition coefficient (Wildman–Crippen LogP) is 4.96. The van der Waals surface area contributed by atoms with Crippen LogP contribution in [0.15, 0.2) is 36.4 Å². The molecule has 0 unspecified atom stereocenters. The van der Waals surface area contributed by atoms with E-state index in [0.29, 0.717) is 28.5 Å². The lowest BCUT2D eigenvalue weighted by Gasteiger charge is -2.13. The molecule has 5 heteroatoms. The van der Waals surface area contributed by atoms with Gasteiger partial charge in [-0.1, -0.05) is 39.7 Å². The molecule has 0 radical (unpaired) electrons. The molecule has 0 amide bonds. The summed E-state index contributed by atoms with van der Waals surface area (Å²) in [5.74, 6) is 0.795. The zero-order valence-corrected chi connectivity index (χ0v) is 13.2. The molecule has 2 rings (SSSR count). The Labute approximate surface area is 130 Å². The summed E-state index contributed by atoms with van der Waals surface area (Å²) in [5.41, 5.74) is 1.86. The van der Waals surface area contributed by atoms with Crippen molar-refractivity contribution in [2.75, 3.05) is 7.11 Å². The normalized spacial score (nSPS) is 10.4. The maximum Gasteiger partial charge on any atom is 0.180 e. The van der Waals surface area contributed by atoms with Crippen molar-refractivity contribution in [3.05, 3.63) is 58.4 Å². The minimum absolute atomic E-state index is 0.272. The molecule has 0 heterocycles. The third-order valence-electron chi connectivity index (χ3n) is 2.74. The average Bonchev–Trinajstić information content (AvgIpc) is 2.47. The summed E-state index contributed by atoms with van der Waals surface area (Å²) >= 11 is 9.57. The van der Waals surface area contributed by atoms with Crippen molar-refractivity contribution >= 4 is 27.5 Å². The number of rotatable bonds is 5. The highest BCUT2D eigenvalue weighted by molar-refractivity contribution is 9.08. The van der Waals surface area contributed by atoms with Crippen molar-refractivity contribution in [3.63, 3.8) is 0 Å². The van der Waals surface area contributed by atoms with Gasteiger partial charge in [0.1, 0.15) is 12.4 Å². The van der Waals surface area contributed by atoms with Crippen LogP contribution in [0.2, 0.25) is 5.02 Å². The van der Waals surface area contributed by atoms with Crippen LogP contribution in [0.3, 0.4) is 0 Å². The summed E-state index contributed by atoms with van der Waals surface area (Å²) < 4.78 is 23.8. The zero-order chi connectivity index (χ0) is 14.5. The van der Waals surface area contributed by atoms with Crippen LogP contribution in [-0.2, 0) is 11.9 Å². The minimum Gasteiger partial charge on any atom is -0.493 e. The fraction of sp³-hybridized carbons (Fsp3) is 0.200. The number of hydrogen-bond donors (Lipinski definition) is 0. The molecule has 0 atom stereocenters. The van der Waals surface area contributed by atoms with E-state index in [9.17, 15) is 4.39 Å². The summed E-state index contributed by atoms with van der Waals surface area (Å²) in [4.78, 5) is 0. The second-order valence-electron chi connectivity index (χ2n) is 4.16. The second-order valence-corrected chi connectivity index (χ2v) is 5.13. The molecule has 0 aliphatic carbocycles. The average molecular weight is 360 g/mol. The van der Waals surface area contributed by atoms with E-state index >= 15 is 0 Å². The number of benzene rings is 2. The lowest BCUT2D eigenvalue weighted by Crippen LogP contribution is -1.99. The van der Waals surface area contributed by atoms with Crippen LogP contribution in [0.1, 0.15) is 11.1 Å². The molecular formula is C15H13BrClFO2. The van der Waals surface area contributed by atoms with Crippen LogP contribution >= 0.6 is 27.5 Å². The highest BCUT2D eigenvalue weighted by atomic mass is 79.9. The van der Waals surface area contributed by atoms with Gasteiger partial charge in [0.05, 0.1) is 12.1 Å². The Balaban J connectivity index is 2.18. The summed E-state index contributed by atoms with van der Waals surface area (Å²) in [6, 6.07) is 9.81. The van der Waals surface area contributed by atoms with E-state index in [4.69, 9.17) is 21.1 Å². The van der Waals surface area contributed by atoms with E-state index in [1.807, 2.05) is 12.1 Å². The summed E-state index contributed by atoms with van der Waals surface area (Å²) in [6.45, 7) is 0.296. The van der Waals surface area contributed by atoms with E-state index in [0.717, 1.165) is 11.1 Å². The number of hydrogen-bond acceptors (Lipinski definition) is 2. The van der Waals surface area contributed by atoms with E-state index in [-0.39, 0.29) is 5.82 Å². The first-order chi connectivity index (χ1) is 9.63. The molecule has 2 aromatic carbocycles. The molecule has 0 saturated carbocycles.